The van der Waals surface area contributed by atoms with Crippen LogP contribution in [0.5, 0.6) is 17.2 Å². The van der Waals surface area contributed by atoms with Gasteiger partial charge in [0.15, 0.2) is 11.5 Å². The van der Waals surface area contributed by atoms with Gasteiger partial charge < -0.3 is 14.6 Å². The fourth-order valence-electron chi connectivity index (χ4n) is 1.94. The zero-order valence-corrected chi connectivity index (χ0v) is 14.8. The summed E-state index contributed by atoms with van der Waals surface area (Å²) in [6.07, 6.45) is 1.50. The van der Waals surface area contributed by atoms with E-state index in [-0.39, 0.29) is 11.7 Å². The molecule has 6 nitrogen and oxygen atoms in total. The van der Waals surface area contributed by atoms with Crippen LogP contribution in [0, 0.1) is 0 Å². The van der Waals surface area contributed by atoms with E-state index in [4.69, 9.17) is 9.47 Å². The van der Waals surface area contributed by atoms with Crippen LogP contribution in [0.3, 0.4) is 0 Å². The Hall–Kier alpha value is -2.54. The van der Waals surface area contributed by atoms with E-state index >= 15 is 0 Å². The highest BCUT2D eigenvalue weighted by atomic mass is 79.9. The highest BCUT2D eigenvalue weighted by molar-refractivity contribution is 9.10. The quantitative estimate of drug-likeness (QED) is 0.583. The number of hydrogen-bond donors (Lipinski definition) is 2. The van der Waals surface area contributed by atoms with Crippen molar-refractivity contribution in [1.82, 2.24) is 5.43 Å². The molecule has 0 heterocycles. The molecule has 0 bridgehead atoms. The number of amides is 1. The van der Waals surface area contributed by atoms with Crippen molar-refractivity contribution in [3.63, 3.8) is 0 Å². The average molecular weight is 393 g/mol. The van der Waals surface area contributed by atoms with E-state index in [9.17, 15) is 9.90 Å². The van der Waals surface area contributed by atoms with Crippen LogP contribution < -0.4 is 14.9 Å². The van der Waals surface area contributed by atoms with E-state index in [0.717, 1.165) is 10.0 Å². The highest BCUT2D eigenvalue weighted by Crippen LogP contribution is 2.36. The van der Waals surface area contributed by atoms with E-state index < -0.39 is 0 Å². The largest absolute Gasteiger partial charge is 0.508 e. The number of hydrogen-bond acceptors (Lipinski definition) is 5. The molecule has 126 valence electrons. The number of rotatable bonds is 6. The topological polar surface area (TPSA) is 80.2 Å². The third-order valence-corrected chi connectivity index (χ3v) is 3.64. The lowest BCUT2D eigenvalue weighted by atomic mass is 10.2. The van der Waals surface area contributed by atoms with Crippen molar-refractivity contribution in [2.24, 2.45) is 5.10 Å². The molecule has 2 aromatic rings. The lowest BCUT2D eigenvalue weighted by Crippen LogP contribution is -2.17. The molecule has 0 saturated heterocycles. The summed E-state index contributed by atoms with van der Waals surface area (Å²) in [6, 6.07) is 9.46. The Labute approximate surface area is 148 Å². The number of carbonyl (C=O) groups excluding carboxylic acids is 1. The fraction of sp³-hybridized carbons (Fsp3) is 0.176. The Kier molecular flexibility index (Phi) is 6.20. The first kappa shape index (κ1) is 17.8. The van der Waals surface area contributed by atoms with E-state index in [2.05, 4.69) is 26.5 Å². The van der Waals surface area contributed by atoms with Gasteiger partial charge in [-0.25, -0.2) is 5.43 Å². The van der Waals surface area contributed by atoms with Crippen LogP contribution in [0.15, 0.2) is 46.0 Å². The number of nitrogens with zero attached hydrogens (tertiary/aromatic N) is 1. The summed E-state index contributed by atoms with van der Waals surface area (Å²) in [4.78, 5) is 11.9. The smallest absolute Gasteiger partial charge is 0.271 e. The zero-order valence-electron chi connectivity index (χ0n) is 13.2. The molecular weight excluding hydrogens is 376 g/mol. The molecule has 1 amide bonds. The number of halogens is 1. The van der Waals surface area contributed by atoms with Crippen molar-refractivity contribution in [3.05, 3.63) is 52.0 Å². The van der Waals surface area contributed by atoms with Crippen LogP contribution in [0.1, 0.15) is 22.8 Å². The van der Waals surface area contributed by atoms with E-state index in [1.165, 1.54) is 30.5 Å². The Bertz CT molecular complexity index is 745. The predicted molar refractivity (Wildman–Crippen MR) is 95.0 cm³/mol. The maximum atomic E-state index is 11.9. The Morgan fingerprint density at radius 1 is 1.33 bits per heavy atom. The first-order valence-corrected chi connectivity index (χ1v) is 7.97. The van der Waals surface area contributed by atoms with Crippen LogP contribution in [0.2, 0.25) is 0 Å². The van der Waals surface area contributed by atoms with Crippen molar-refractivity contribution in [2.75, 3.05) is 13.7 Å². The number of aromatic hydroxyl groups is 1. The number of methoxy groups -OCH3 is 1. The molecule has 2 aromatic carbocycles. The van der Waals surface area contributed by atoms with Crippen molar-refractivity contribution in [3.8, 4) is 17.2 Å². The number of carbonyl (C=O) groups is 1. The molecule has 0 aromatic heterocycles. The van der Waals surface area contributed by atoms with Gasteiger partial charge in [-0.1, -0.05) is 0 Å². The first-order valence-electron chi connectivity index (χ1n) is 7.18. The van der Waals surface area contributed by atoms with Gasteiger partial charge in [-0.3, -0.25) is 4.79 Å². The number of ether oxygens (including phenoxy) is 2. The van der Waals surface area contributed by atoms with Gasteiger partial charge in [0.1, 0.15) is 5.75 Å². The van der Waals surface area contributed by atoms with Crippen molar-refractivity contribution < 1.29 is 19.4 Å². The number of benzene rings is 2. The standard InChI is InChI=1S/C17H17BrN2O4/c1-3-24-16-14(18)8-11(9-15(16)23-2)10-19-20-17(22)12-4-6-13(21)7-5-12/h4-10,21H,3H2,1-2H3,(H,20,22)/b19-10-. The van der Waals surface area contributed by atoms with Gasteiger partial charge in [0.2, 0.25) is 0 Å². The number of nitrogens with one attached hydrogen (secondary N) is 1. The molecule has 0 saturated carbocycles. The Balaban J connectivity index is 2.10. The second-order valence-electron chi connectivity index (χ2n) is 4.71. The molecule has 2 N–H and O–H groups in total. The SMILES string of the molecule is CCOc1c(Br)cc(/C=N\NC(=O)c2ccc(O)cc2)cc1OC. The van der Waals surface area contributed by atoms with Crippen LogP contribution in [-0.4, -0.2) is 30.9 Å². The fourth-order valence-corrected chi connectivity index (χ4v) is 2.52. The molecular formula is C17H17BrN2O4. The average Bonchev–Trinajstić information content (AvgIpc) is 2.57. The second-order valence-corrected chi connectivity index (χ2v) is 5.57. The van der Waals surface area contributed by atoms with Gasteiger partial charge in [0.25, 0.3) is 5.91 Å². The molecule has 0 unspecified atom stereocenters. The summed E-state index contributed by atoms with van der Waals surface area (Å²) in [5.41, 5.74) is 3.55. The molecule has 0 atom stereocenters. The van der Waals surface area contributed by atoms with Crippen molar-refractivity contribution >= 4 is 28.1 Å². The summed E-state index contributed by atoms with van der Waals surface area (Å²) in [6.45, 7) is 2.41. The number of hydrazone groups is 1. The van der Waals surface area contributed by atoms with Crippen LogP contribution in [0.4, 0.5) is 0 Å². The second kappa shape index (κ2) is 8.35. The molecule has 0 radical (unpaired) electrons. The maximum absolute atomic E-state index is 11.9. The molecule has 24 heavy (non-hydrogen) atoms. The third-order valence-electron chi connectivity index (χ3n) is 3.05. The van der Waals surface area contributed by atoms with Crippen LogP contribution >= 0.6 is 15.9 Å². The van der Waals surface area contributed by atoms with Gasteiger partial charge in [-0.15, -0.1) is 0 Å². The summed E-state index contributed by atoms with van der Waals surface area (Å²) in [7, 11) is 1.55. The molecule has 0 aliphatic carbocycles. The minimum absolute atomic E-state index is 0.0985. The zero-order chi connectivity index (χ0) is 17.5. The lowest BCUT2D eigenvalue weighted by molar-refractivity contribution is 0.0955. The molecule has 0 fully saturated rings. The van der Waals surface area contributed by atoms with Gasteiger partial charge in [-0.2, -0.15) is 5.10 Å². The monoisotopic (exact) mass is 392 g/mol. The minimum Gasteiger partial charge on any atom is -0.508 e. The summed E-state index contributed by atoms with van der Waals surface area (Å²) >= 11 is 3.43. The highest BCUT2D eigenvalue weighted by Gasteiger charge is 2.10. The van der Waals surface area contributed by atoms with E-state index in [1.54, 1.807) is 13.2 Å². The molecule has 2 rings (SSSR count). The maximum Gasteiger partial charge on any atom is 0.271 e. The first-order chi connectivity index (χ1) is 11.5. The number of phenolic OH excluding ortho intramolecular Hbond substituents is 1. The Morgan fingerprint density at radius 3 is 2.67 bits per heavy atom. The molecule has 0 aliphatic rings. The Morgan fingerprint density at radius 2 is 2.04 bits per heavy atom. The summed E-state index contributed by atoms with van der Waals surface area (Å²) in [5.74, 6) is 0.910. The van der Waals surface area contributed by atoms with Gasteiger partial charge in [0.05, 0.1) is 24.4 Å². The van der Waals surface area contributed by atoms with E-state index in [0.29, 0.717) is 23.7 Å². The van der Waals surface area contributed by atoms with Crippen molar-refractivity contribution in [2.45, 2.75) is 6.92 Å². The predicted octanol–water partition coefficient (Wildman–Crippen LogP) is 3.33. The third kappa shape index (κ3) is 4.48. The van der Waals surface area contributed by atoms with Gasteiger partial charge >= 0.3 is 0 Å². The minimum atomic E-state index is -0.372. The molecule has 7 heteroatoms. The van der Waals surface area contributed by atoms with E-state index in [1.807, 2.05) is 13.0 Å². The molecule has 0 spiro atoms. The molecule has 0 aliphatic heterocycles. The van der Waals surface area contributed by atoms with Crippen LogP contribution in [0.25, 0.3) is 0 Å². The lowest BCUT2D eigenvalue weighted by Gasteiger charge is -2.11. The van der Waals surface area contributed by atoms with Crippen molar-refractivity contribution in [1.29, 1.82) is 0 Å². The summed E-state index contributed by atoms with van der Waals surface area (Å²) < 4.78 is 11.5. The van der Waals surface area contributed by atoms with Gasteiger partial charge in [0, 0.05) is 5.56 Å². The van der Waals surface area contributed by atoms with Crippen LogP contribution in [-0.2, 0) is 0 Å². The van der Waals surface area contributed by atoms with Gasteiger partial charge in [-0.05, 0) is 64.8 Å². The summed E-state index contributed by atoms with van der Waals surface area (Å²) in [5, 5.41) is 13.1. The number of phenols is 1. The normalized spacial score (nSPS) is 10.6.